The first kappa shape index (κ1) is 15.9. The molecule has 0 radical (unpaired) electrons. The number of fused-ring (bicyclic) bond motifs is 3. The van der Waals surface area contributed by atoms with Crippen LogP contribution in [0.3, 0.4) is 0 Å². The highest BCUT2D eigenvalue weighted by molar-refractivity contribution is 6.14. The van der Waals surface area contributed by atoms with E-state index in [1.165, 1.54) is 0 Å². The number of hydrogen-bond donors (Lipinski definition) is 3. The molecular formula is C18H20N4O2. The van der Waals surface area contributed by atoms with Gasteiger partial charge in [0.05, 0.1) is 29.9 Å². The van der Waals surface area contributed by atoms with Crippen molar-refractivity contribution in [3.63, 3.8) is 0 Å². The minimum atomic E-state index is -0.362. The fourth-order valence-electron chi connectivity index (χ4n) is 3.09. The topological polar surface area (TPSA) is 93.1 Å². The van der Waals surface area contributed by atoms with Gasteiger partial charge in [-0.3, -0.25) is 5.41 Å². The summed E-state index contributed by atoms with van der Waals surface area (Å²) >= 11 is 0. The second-order valence-electron chi connectivity index (χ2n) is 5.55. The molecule has 0 amide bonds. The molecule has 1 aromatic heterocycles. The average Bonchev–Trinajstić information content (AvgIpc) is 2.85. The molecule has 4 N–H and O–H groups in total. The Labute approximate surface area is 139 Å². The van der Waals surface area contributed by atoms with Gasteiger partial charge in [-0.1, -0.05) is 36.4 Å². The third kappa shape index (κ3) is 2.56. The van der Waals surface area contributed by atoms with Crippen molar-refractivity contribution in [2.24, 2.45) is 12.8 Å². The van der Waals surface area contributed by atoms with Crippen LogP contribution in [0.4, 0.5) is 0 Å². The van der Waals surface area contributed by atoms with Crippen LogP contribution >= 0.6 is 0 Å². The summed E-state index contributed by atoms with van der Waals surface area (Å²) in [7, 11) is 1.91. The minimum Gasteiger partial charge on any atom is -0.462 e. The van der Waals surface area contributed by atoms with Crippen LogP contribution in [0.2, 0.25) is 0 Å². The number of ether oxygens (including phenoxy) is 1. The Hall–Kier alpha value is -3.02. The quantitative estimate of drug-likeness (QED) is 0.390. The summed E-state index contributed by atoms with van der Waals surface area (Å²) < 4.78 is 7.22. The van der Waals surface area contributed by atoms with E-state index in [1.807, 2.05) is 48.0 Å². The van der Waals surface area contributed by atoms with Crippen molar-refractivity contribution in [1.82, 2.24) is 9.88 Å². The Morgan fingerprint density at radius 2 is 2.00 bits per heavy atom. The van der Waals surface area contributed by atoms with Crippen LogP contribution in [0.15, 0.2) is 36.4 Å². The smallest absolute Gasteiger partial charge is 0.340 e. The number of hydrogen-bond acceptors (Lipinski definition) is 3. The summed E-state index contributed by atoms with van der Waals surface area (Å²) in [5.74, 6) is -0.501. The zero-order chi connectivity index (χ0) is 17.3. The van der Waals surface area contributed by atoms with Crippen LogP contribution < -0.4 is 11.1 Å². The van der Waals surface area contributed by atoms with Gasteiger partial charge in [-0.25, -0.2) is 4.79 Å². The summed E-state index contributed by atoms with van der Waals surface area (Å²) in [6.45, 7) is 2.37. The Bertz CT molecular complexity index is 943. The maximum atomic E-state index is 12.5. The summed E-state index contributed by atoms with van der Waals surface area (Å²) in [5, 5.41) is 13.2. The molecule has 0 bridgehead atoms. The lowest BCUT2D eigenvalue weighted by Gasteiger charge is -2.09. The van der Waals surface area contributed by atoms with Gasteiger partial charge in [-0.15, -0.1) is 0 Å². The third-order valence-corrected chi connectivity index (χ3v) is 4.12. The number of carbonyl (C=O) groups is 1. The third-order valence-electron chi connectivity index (χ3n) is 4.12. The second kappa shape index (κ2) is 6.23. The highest BCUT2D eigenvalue weighted by Gasteiger charge is 2.23. The second-order valence-corrected chi connectivity index (χ2v) is 5.55. The number of benzene rings is 2. The fourth-order valence-corrected chi connectivity index (χ4v) is 3.09. The molecule has 2 aromatic carbocycles. The summed E-state index contributed by atoms with van der Waals surface area (Å²) in [5.41, 5.74) is 7.64. The van der Waals surface area contributed by atoms with Gasteiger partial charge in [0.15, 0.2) is 5.96 Å². The van der Waals surface area contributed by atoms with Gasteiger partial charge in [0, 0.05) is 17.8 Å². The number of rotatable bonds is 4. The van der Waals surface area contributed by atoms with Crippen molar-refractivity contribution in [1.29, 1.82) is 5.41 Å². The molecule has 3 aromatic rings. The predicted octanol–water partition coefficient (Wildman–Crippen LogP) is 2.49. The molecule has 124 valence electrons. The Morgan fingerprint density at radius 1 is 1.25 bits per heavy atom. The van der Waals surface area contributed by atoms with E-state index < -0.39 is 0 Å². The van der Waals surface area contributed by atoms with Crippen molar-refractivity contribution < 1.29 is 9.53 Å². The van der Waals surface area contributed by atoms with Gasteiger partial charge in [0.1, 0.15) is 0 Å². The number of esters is 1. The van der Waals surface area contributed by atoms with Crippen molar-refractivity contribution >= 4 is 33.6 Å². The molecule has 0 saturated heterocycles. The van der Waals surface area contributed by atoms with E-state index in [1.54, 1.807) is 6.92 Å². The lowest BCUT2D eigenvalue weighted by atomic mass is 10.0. The number of nitrogens with zero attached hydrogens (tertiary/aromatic N) is 1. The van der Waals surface area contributed by atoms with Crippen LogP contribution in [-0.4, -0.2) is 23.1 Å². The molecule has 24 heavy (non-hydrogen) atoms. The molecule has 0 fully saturated rings. The van der Waals surface area contributed by atoms with Crippen LogP contribution in [0.5, 0.6) is 0 Å². The van der Waals surface area contributed by atoms with E-state index in [2.05, 4.69) is 5.32 Å². The maximum Gasteiger partial charge on any atom is 0.340 e. The summed E-state index contributed by atoms with van der Waals surface area (Å²) in [4.78, 5) is 12.5. The largest absolute Gasteiger partial charge is 0.462 e. The molecule has 6 nitrogen and oxygen atoms in total. The minimum absolute atomic E-state index is 0.139. The van der Waals surface area contributed by atoms with E-state index in [0.29, 0.717) is 12.2 Å². The standard InChI is InChI=1S/C18H20N4O2/c1-3-24-17(23)15-13-9-8-11-6-4-5-7-12(11)16(13)22(2)14(15)10-21-18(19)20/h4-9H,3,10H2,1-2H3,(H4,19,20,21). The van der Waals surface area contributed by atoms with Crippen LogP contribution in [-0.2, 0) is 18.3 Å². The Morgan fingerprint density at radius 3 is 2.71 bits per heavy atom. The zero-order valence-corrected chi connectivity index (χ0v) is 13.7. The maximum absolute atomic E-state index is 12.5. The predicted molar refractivity (Wildman–Crippen MR) is 95.1 cm³/mol. The highest BCUT2D eigenvalue weighted by Crippen LogP contribution is 2.32. The van der Waals surface area contributed by atoms with Crippen LogP contribution in [0, 0.1) is 5.41 Å². The number of carbonyl (C=O) groups excluding carboxylic acids is 1. The molecule has 0 aliphatic carbocycles. The number of guanidine groups is 1. The molecule has 6 heteroatoms. The Kier molecular flexibility index (Phi) is 4.12. The highest BCUT2D eigenvalue weighted by atomic mass is 16.5. The van der Waals surface area contributed by atoms with Crippen molar-refractivity contribution in [2.75, 3.05) is 6.61 Å². The van der Waals surface area contributed by atoms with Gasteiger partial charge in [0.25, 0.3) is 0 Å². The van der Waals surface area contributed by atoms with Gasteiger partial charge in [-0.2, -0.15) is 0 Å². The van der Waals surface area contributed by atoms with Crippen LogP contribution in [0.25, 0.3) is 21.7 Å². The molecule has 1 heterocycles. The fraction of sp³-hybridized carbons (Fsp3) is 0.222. The van der Waals surface area contributed by atoms with Gasteiger partial charge in [-0.05, 0) is 12.3 Å². The summed E-state index contributed by atoms with van der Waals surface area (Å²) in [6.07, 6.45) is 0. The van der Waals surface area contributed by atoms with Crippen molar-refractivity contribution in [3.8, 4) is 0 Å². The molecule has 0 unspecified atom stereocenters. The lowest BCUT2D eigenvalue weighted by molar-refractivity contribution is 0.0527. The molecule has 3 rings (SSSR count). The van der Waals surface area contributed by atoms with Gasteiger partial charge >= 0.3 is 5.97 Å². The van der Waals surface area contributed by atoms with Crippen molar-refractivity contribution in [2.45, 2.75) is 13.5 Å². The SMILES string of the molecule is CCOC(=O)c1c(CNC(=N)N)n(C)c2c1ccc1ccccc12. The van der Waals surface area contributed by atoms with E-state index in [4.69, 9.17) is 15.9 Å². The van der Waals surface area contributed by atoms with E-state index >= 15 is 0 Å². The first-order valence-electron chi connectivity index (χ1n) is 7.78. The molecular weight excluding hydrogens is 304 g/mol. The lowest BCUT2D eigenvalue weighted by Crippen LogP contribution is -2.31. The summed E-state index contributed by atoms with van der Waals surface area (Å²) in [6, 6.07) is 12.0. The molecule has 0 spiro atoms. The molecule has 0 aliphatic rings. The number of nitrogens with one attached hydrogen (secondary N) is 2. The average molecular weight is 324 g/mol. The zero-order valence-electron chi connectivity index (χ0n) is 13.7. The van der Waals surface area contributed by atoms with E-state index in [-0.39, 0.29) is 18.5 Å². The number of nitrogens with two attached hydrogens (primary N) is 1. The first-order chi connectivity index (χ1) is 11.5. The Balaban J connectivity index is 2.31. The first-order valence-corrected chi connectivity index (χ1v) is 7.78. The van der Waals surface area contributed by atoms with Crippen molar-refractivity contribution in [3.05, 3.63) is 47.7 Å². The van der Waals surface area contributed by atoms with Gasteiger partial charge < -0.3 is 20.4 Å². The van der Waals surface area contributed by atoms with Gasteiger partial charge in [0.2, 0.25) is 0 Å². The normalized spacial score (nSPS) is 10.9. The number of aryl methyl sites for hydroxylation is 1. The molecule has 0 aliphatic heterocycles. The van der Waals surface area contributed by atoms with E-state index in [0.717, 1.165) is 27.4 Å². The van der Waals surface area contributed by atoms with E-state index in [9.17, 15) is 4.79 Å². The number of aromatic nitrogens is 1. The molecule has 0 atom stereocenters. The monoisotopic (exact) mass is 324 g/mol. The molecule has 0 saturated carbocycles. The van der Waals surface area contributed by atoms with Crippen LogP contribution in [0.1, 0.15) is 23.0 Å².